The molecular weight excluding hydrogens is 184 g/mol. The zero-order chi connectivity index (χ0) is 11.1. The van der Waals surface area contributed by atoms with Crippen LogP contribution in [0.15, 0.2) is 0 Å². The van der Waals surface area contributed by atoms with Crippen molar-refractivity contribution in [2.75, 3.05) is 7.11 Å². The van der Waals surface area contributed by atoms with Crippen LogP contribution in [0.25, 0.3) is 0 Å². The van der Waals surface area contributed by atoms with E-state index >= 15 is 0 Å². The number of rotatable bonds is 6. The molecule has 0 atom stereocenters. The number of ether oxygens (including phenoxy) is 1. The van der Waals surface area contributed by atoms with Crippen molar-refractivity contribution in [2.45, 2.75) is 77.2 Å². The summed E-state index contributed by atoms with van der Waals surface area (Å²) in [4.78, 5) is 0. The van der Waals surface area contributed by atoms with Gasteiger partial charge in [-0.2, -0.15) is 0 Å². The summed E-state index contributed by atoms with van der Waals surface area (Å²) in [5.74, 6) is 1.15. The lowest BCUT2D eigenvalue weighted by molar-refractivity contribution is 0.0709. The van der Waals surface area contributed by atoms with Gasteiger partial charge in [-0.25, -0.2) is 0 Å². The molecule has 15 heavy (non-hydrogen) atoms. The first-order valence-corrected chi connectivity index (χ1v) is 6.81. The van der Waals surface area contributed by atoms with E-state index in [9.17, 15) is 0 Å². The van der Waals surface area contributed by atoms with Crippen LogP contribution in [0.4, 0.5) is 0 Å². The van der Waals surface area contributed by atoms with Crippen molar-refractivity contribution < 1.29 is 4.74 Å². The van der Waals surface area contributed by atoms with Gasteiger partial charge < -0.3 is 4.74 Å². The third-order valence-corrected chi connectivity index (χ3v) is 3.62. The van der Waals surface area contributed by atoms with Crippen molar-refractivity contribution in [3.63, 3.8) is 0 Å². The van der Waals surface area contributed by atoms with Crippen LogP contribution < -0.4 is 0 Å². The Hall–Kier alpha value is -0.0400. The van der Waals surface area contributed by atoms with Crippen LogP contribution in [0.1, 0.15) is 71.6 Å². The number of hydrogen-bond acceptors (Lipinski definition) is 1. The van der Waals surface area contributed by atoms with Gasteiger partial charge in [-0.3, -0.25) is 0 Å². The van der Waals surface area contributed by atoms with Gasteiger partial charge in [0.15, 0.2) is 0 Å². The molecule has 1 nitrogen and oxygen atoms in total. The smallest absolute Gasteiger partial charge is 0.0681 e. The molecule has 1 heteroatoms. The second kappa shape index (κ2) is 6.52. The van der Waals surface area contributed by atoms with Crippen LogP contribution in [0.2, 0.25) is 0 Å². The second-order valence-electron chi connectivity index (χ2n) is 5.22. The fraction of sp³-hybridized carbons (Fsp3) is 1.00. The third kappa shape index (κ3) is 5.55. The zero-order valence-electron chi connectivity index (χ0n) is 10.8. The van der Waals surface area contributed by atoms with Crippen molar-refractivity contribution in [3.8, 4) is 0 Å². The summed E-state index contributed by atoms with van der Waals surface area (Å²) < 4.78 is 5.35. The molecule has 0 heterocycles. The van der Waals surface area contributed by atoms with E-state index < -0.39 is 0 Å². The average Bonchev–Trinajstić information content (AvgIpc) is 3.12. The van der Waals surface area contributed by atoms with Gasteiger partial charge in [-0.15, -0.1) is 0 Å². The van der Waals surface area contributed by atoms with E-state index in [0.29, 0.717) is 5.60 Å². The minimum absolute atomic E-state index is 0.343. The van der Waals surface area contributed by atoms with Crippen molar-refractivity contribution in [3.05, 3.63) is 0 Å². The second-order valence-corrected chi connectivity index (χ2v) is 5.22. The van der Waals surface area contributed by atoms with Crippen molar-refractivity contribution in [1.29, 1.82) is 0 Å². The number of unbranched alkanes of at least 4 members (excludes halogenated alkanes) is 1. The summed E-state index contributed by atoms with van der Waals surface area (Å²) in [7, 11) is 1.84. The molecule has 0 aromatic carbocycles. The monoisotopic (exact) mass is 212 g/mol. The molecule has 2 aliphatic carbocycles. The summed E-state index contributed by atoms with van der Waals surface area (Å²) >= 11 is 0. The normalized spacial score (nSPS) is 21.8. The molecular formula is C14H28O. The van der Waals surface area contributed by atoms with Gasteiger partial charge in [-0.05, 0) is 25.2 Å². The Bertz CT molecular complexity index is 157. The summed E-state index contributed by atoms with van der Waals surface area (Å²) in [5.41, 5.74) is 0.343. The molecule has 0 aliphatic heterocycles. The fourth-order valence-corrected chi connectivity index (χ4v) is 2.01. The Morgan fingerprint density at radius 1 is 1.13 bits per heavy atom. The zero-order valence-corrected chi connectivity index (χ0v) is 10.8. The molecule has 0 radical (unpaired) electrons. The fourth-order valence-electron chi connectivity index (χ4n) is 2.01. The Kier molecular flexibility index (Phi) is 5.66. The first kappa shape index (κ1) is 13.0. The molecule has 0 unspecified atom stereocenters. The Balaban J connectivity index is 0.000000162. The minimum Gasteiger partial charge on any atom is -0.378 e. The summed E-state index contributed by atoms with van der Waals surface area (Å²) in [6, 6.07) is 0. The van der Waals surface area contributed by atoms with E-state index in [1.165, 1.54) is 57.8 Å². The predicted molar refractivity (Wildman–Crippen MR) is 66.1 cm³/mol. The Labute approximate surface area is 95.6 Å². The first-order valence-electron chi connectivity index (χ1n) is 6.81. The highest BCUT2D eigenvalue weighted by atomic mass is 16.5. The van der Waals surface area contributed by atoms with Crippen LogP contribution in [0, 0.1) is 5.92 Å². The summed E-state index contributed by atoms with van der Waals surface area (Å²) in [6.07, 6.45) is 12.4. The first-order chi connectivity index (χ1) is 7.26. The molecule has 0 spiro atoms. The van der Waals surface area contributed by atoms with Crippen molar-refractivity contribution >= 4 is 0 Å². The van der Waals surface area contributed by atoms with Gasteiger partial charge in [-0.1, -0.05) is 52.4 Å². The molecule has 2 saturated carbocycles. The molecule has 2 fully saturated rings. The topological polar surface area (TPSA) is 9.23 Å². The van der Waals surface area contributed by atoms with E-state index in [1.54, 1.807) is 0 Å². The maximum absolute atomic E-state index is 5.35. The molecule has 2 aliphatic rings. The maximum atomic E-state index is 5.35. The molecule has 0 amide bonds. The quantitative estimate of drug-likeness (QED) is 0.627. The highest BCUT2D eigenvalue weighted by Gasteiger charge is 2.41. The highest BCUT2D eigenvalue weighted by Crippen LogP contribution is 2.43. The Morgan fingerprint density at radius 3 is 2.07 bits per heavy atom. The summed E-state index contributed by atoms with van der Waals surface area (Å²) in [6.45, 7) is 4.49. The minimum atomic E-state index is 0.343. The van der Waals surface area contributed by atoms with Crippen LogP contribution in [0.5, 0.6) is 0 Å². The lowest BCUT2D eigenvalue weighted by Gasteiger charge is -2.10. The molecule has 2 rings (SSSR count). The van der Waals surface area contributed by atoms with E-state index in [2.05, 4.69) is 13.8 Å². The lowest BCUT2D eigenvalue weighted by Crippen LogP contribution is -2.10. The SMILES string of the molecule is CCCC1CC1.CCCCC1(OC)CC1. The van der Waals surface area contributed by atoms with Crippen LogP contribution in [0.3, 0.4) is 0 Å². The van der Waals surface area contributed by atoms with Gasteiger partial charge >= 0.3 is 0 Å². The van der Waals surface area contributed by atoms with Crippen LogP contribution >= 0.6 is 0 Å². The third-order valence-electron chi connectivity index (χ3n) is 3.62. The number of methoxy groups -OCH3 is 1. The maximum Gasteiger partial charge on any atom is 0.0681 e. The Morgan fingerprint density at radius 2 is 1.80 bits per heavy atom. The standard InChI is InChI=1S/C8H16O.C6H12/c1-3-4-5-8(9-2)6-7-8;1-2-3-6-4-5-6/h3-7H2,1-2H3;6H,2-5H2,1H3. The molecule has 0 bridgehead atoms. The van der Waals surface area contributed by atoms with Gasteiger partial charge in [0.25, 0.3) is 0 Å². The van der Waals surface area contributed by atoms with Gasteiger partial charge in [0.1, 0.15) is 0 Å². The predicted octanol–water partition coefficient (Wildman–Crippen LogP) is 4.55. The summed E-state index contributed by atoms with van der Waals surface area (Å²) in [5, 5.41) is 0. The van der Waals surface area contributed by atoms with E-state index in [4.69, 9.17) is 4.74 Å². The molecule has 0 aromatic rings. The molecule has 0 aromatic heterocycles. The molecule has 0 N–H and O–H groups in total. The van der Waals surface area contributed by atoms with Crippen LogP contribution in [-0.4, -0.2) is 12.7 Å². The largest absolute Gasteiger partial charge is 0.378 e. The molecule has 0 saturated heterocycles. The number of hydrogen-bond donors (Lipinski definition) is 0. The van der Waals surface area contributed by atoms with Crippen molar-refractivity contribution in [2.24, 2.45) is 5.92 Å². The lowest BCUT2D eigenvalue weighted by atomic mass is 10.1. The van der Waals surface area contributed by atoms with E-state index in [-0.39, 0.29) is 0 Å². The van der Waals surface area contributed by atoms with E-state index in [0.717, 1.165) is 5.92 Å². The van der Waals surface area contributed by atoms with Crippen molar-refractivity contribution in [1.82, 2.24) is 0 Å². The van der Waals surface area contributed by atoms with Gasteiger partial charge in [0, 0.05) is 7.11 Å². The van der Waals surface area contributed by atoms with Gasteiger partial charge in [0.2, 0.25) is 0 Å². The van der Waals surface area contributed by atoms with Crippen LogP contribution in [-0.2, 0) is 4.74 Å². The van der Waals surface area contributed by atoms with Gasteiger partial charge in [0.05, 0.1) is 5.60 Å². The van der Waals surface area contributed by atoms with E-state index in [1.807, 2.05) is 7.11 Å². The average molecular weight is 212 g/mol. The highest BCUT2D eigenvalue weighted by molar-refractivity contribution is 4.94. The molecule has 90 valence electrons.